The molecule has 1 aromatic carbocycles. The Labute approximate surface area is 110 Å². The second kappa shape index (κ2) is 9.58. The summed E-state index contributed by atoms with van der Waals surface area (Å²) in [5.74, 6) is 0.874. The largest absolute Gasteiger partial charge is 0.495 e. The molecule has 0 atom stereocenters. The summed E-state index contributed by atoms with van der Waals surface area (Å²) in [6.45, 7) is 6.17. The molecule has 1 aromatic rings. The average molecular weight is 267 g/mol. The third kappa shape index (κ3) is 4.92. The van der Waals surface area contributed by atoms with Crippen molar-refractivity contribution in [1.82, 2.24) is 5.01 Å². The van der Waals surface area contributed by atoms with Crippen LogP contribution < -0.4 is 10.2 Å². The third-order valence-electron chi connectivity index (χ3n) is 2.15. The van der Waals surface area contributed by atoms with Gasteiger partial charge in [0, 0.05) is 13.1 Å². The van der Waals surface area contributed by atoms with Crippen LogP contribution in [0.1, 0.15) is 13.8 Å². The van der Waals surface area contributed by atoms with Gasteiger partial charge in [-0.05, 0) is 12.1 Å². The second-order valence-electron chi connectivity index (χ2n) is 2.98. The van der Waals surface area contributed by atoms with E-state index in [4.69, 9.17) is 4.74 Å². The lowest BCUT2D eigenvalue weighted by Gasteiger charge is -2.21. The van der Waals surface area contributed by atoms with E-state index >= 15 is 0 Å². The molecule has 1 N–H and O–H groups in total. The maximum Gasteiger partial charge on any atom is 0.143 e. The van der Waals surface area contributed by atoms with E-state index in [1.165, 1.54) is 0 Å². The number of halogens is 2. The molecule has 16 heavy (non-hydrogen) atoms. The van der Waals surface area contributed by atoms with Crippen molar-refractivity contribution in [3.8, 4) is 5.75 Å². The molecule has 0 spiro atoms. The quantitative estimate of drug-likeness (QED) is 0.829. The van der Waals surface area contributed by atoms with Crippen molar-refractivity contribution in [2.24, 2.45) is 0 Å². The number of methoxy groups -OCH3 is 1. The molecule has 3 nitrogen and oxygen atoms in total. The van der Waals surface area contributed by atoms with Crippen molar-refractivity contribution >= 4 is 30.5 Å². The molecule has 1 rings (SSSR count). The Kier molecular flexibility index (Phi) is 10.6. The zero-order chi connectivity index (χ0) is 10.4. The van der Waals surface area contributed by atoms with Crippen LogP contribution >= 0.6 is 24.8 Å². The highest BCUT2D eigenvalue weighted by molar-refractivity contribution is 5.85. The fraction of sp³-hybridized carbons (Fsp3) is 0.455. The number of anilines is 1. The lowest BCUT2D eigenvalue weighted by molar-refractivity contribution is 0.360. The average Bonchev–Trinajstić information content (AvgIpc) is 2.26. The first-order valence-electron chi connectivity index (χ1n) is 4.96. The first-order valence-corrected chi connectivity index (χ1v) is 4.96. The number of nitrogens with one attached hydrogen (secondary N) is 1. The lowest BCUT2D eigenvalue weighted by Crippen LogP contribution is -2.29. The summed E-state index contributed by atoms with van der Waals surface area (Å²) in [5, 5.41) is 2.12. The molecule has 0 aliphatic heterocycles. The lowest BCUT2D eigenvalue weighted by atomic mass is 10.3. The van der Waals surface area contributed by atoms with Crippen LogP contribution in [0, 0.1) is 0 Å². The van der Waals surface area contributed by atoms with Gasteiger partial charge < -0.3 is 10.2 Å². The van der Waals surface area contributed by atoms with E-state index in [0.717, 1.165) is 24.5 Å². The third-order valence-corrected chi connectivity index (χ3v) is 2.15. The van der Waals surface area contributed by atoms with E-state index in [-0.39, 0.29) is 24.8 Å². The molecular weight excluding hydrogens is 247 g/mol. The molecule has 0 amide bonds. The van der Waals surface area contributed by atoms with Gasteiger partial charge in [0.25, 0.3) is 0 Å². The van der Waals surface area contributed by atoms with Gasteiger partial charge in [-0.3, -0.25) is 0 Å². The van der Waals surface area contributed by atoms with Crippen LogP contribution in [0.4, 0.5) is 5.69 Å². The summed E-state index contributed by atoms with van der Waals surface area (Å²) in [6, 6.07) is 7.92. The van der Waals surface area contributed by atoms with Gasteiger partial charge in [-0.2, -0.15) is 0 Å². The van der Waals surface area contributed by atoms with Gasteiger partial charge >= 0.3 is 0 Å². The molecule has 0 bridgehead atoms. The summed E-state index contributed by atoms with van der Waals surface area (Å²) >= 11 is 0. The Bertz CT molecular complexity index is 280. The molecule has 0 radical (unpaired) electrons. The summed E-state index contributed by atoms with van der Waals surface area (Å²) in [7, 11) is 1.68. The van der Waals surface area contributed by atoms with Gasteiger partial charge in [-0.15, -0.1) is 24.8 Å². The number of hydrazine groups is 1. The highest BCUT2D eigenvalue weighted by Gasteiger charge is 2.03. The zero-order valence-corrected chi connectivity index (χ0v) is 11.5. The van der Waals surface area contributed by atoms with Gasteiger partial charge in [0.1, 0.15) is 5.75 Å². The predicted molar refractivity (Wildman–Crippen MR) is 74.0 cm³/mol. The highest BCUT2D eigenvalue weighted by Crippen LogP contribution is 2.23. The summed E-state index contributed by atoms with van der Waals surface area (Å²) in [6.07, 6.45) is 0. The van der Waals surface area contributed by atoms with Crippen LogP contribution in [0.15, 0.2) is 24.3 Å². The standard InChI is InChI=1S/C11H18N2O.2ClH/c1-4-13(5-2)12-10-8-6-7-9-11(10)14-3;;/h6-9,12H,4-5H2,1-3H3;2*1H. The molecule has 0 fully saturated rings. The van der Waals surface area contributed by atoms with E-state index in [2.05, 4.69) is 24.3 Å². The molecule has 0 saturated heterocycles. The van der Waals surface area contributed by atoms with Crippen LogP contribution in [0.2, 0.25) is 0 Å². The molecule has 0 unspecified atom stereocenters. The Hall–Kier alpha value is -0.640. The molecule has 5 heteroatoms. The second-order valence-corrected chi connectivity index (χ2v) is 2.98. The predicted octanol–water partition coefficient (Wildman–Crippen LogP) is 3.21. The first-order chi connectivity index (χ1) is 6.81. The molecule has 0 heterocycles. The number of ether oxygens (including phenoxy) is 1. The summed E-state index contributed by atoms with van der Waals surface area (Å²) < 4.78 is 5.25. The monoisotopic (exact) mass is 266 g/mol. The van der Waals surface area contributed by atoms with E-state index in [0.29, 0.717) is 0 Å². The molecule has 94 valence electrons. The number of hydrogen-bond acceptors (Lipinski definition) is 3. The number of hydrogen-bond donors (Lipinski definition) is 1. The van der Waals surface area contributed by atoms with Crippen LogP contribution in [0.25, 0.3) is 0 Å². The van der Waals surface area contributed by atoms with Gasteiger partial charge in [0.15, 0.2) is 0 Å². The molecule has 0 saturated carbocycles. The van der Waals surface area contributed by atoms with Crippen LogP contribution in [0.5, 0.6) is 5.75 Å². The fourth-order valence-corrected chi connectivity index (χ4v) is 1.29. The molecular formula is C11H20Cl2N2O. The Morgan fingerprint density at radius 2 is 1.69 bits per heavy atom. The van der Waals surface area contributed by atoms with Crippen LogP contribution in [-0.4, -0.2) is 25.2 Å². The highest BCUT2D eigenvalue weighted by atomic mass is 35.5. The van der Waals surface area contributed by atoms with E-state index in [1.807, 2.05) is 24.3 Å². The maximum absolute atomic E-state index is 5.25. The minimum Gasteiger partial charge on any atom is -0.495 e. The topological polar surface area (TPSA) is 24.5 Å². The molecule has 0 aromatic heterocycles. The maximum atomic E-state index is 5.25. The molecule has 0 aliphatic carbocycles. The summed E-state index contributed by atoms with van der Waals surface area (Å²) in [5.41, 5.74) is 4.32. The first kappa shape index (κ1) is 17.7. The van der Waals surface area contributed by atoms with Crippen molar-refractivity contribution in [1.29, 1.82) is 0 Å². The minimum atomic E-state index is 0. The van der Waals surface area contributed by atoms with Crippen molar-refractivity contribution in [3.63, 3.8) is 0 Å². The van der Waals surface area contributed by atoms with E-state index in [9.17, 15) is 0 Å². The van der Waals surface area contributed by atoms with E-state index < -0.39 is 0 Å². The zero-order valence-electron chi connectivity index (χ0n) is 9.90. The van der Waals surface area contributed by atoms with Crippen LogP contribution in [-0.2, 0) is 0 Å². The van der Waals surface area contributed by atoms with Gasteiger partial charge in [0.2, 0.25) is 0 Å². The minimum absolute atomic E-state index is 0. The van der Waals surface area contributed by atoms with Crippen molar-refractivity contribution in [2.75, 3.05) is 25.6 Å². The number of benzene rings is 1. The Balaban J connectivity index is 0. The van der Waals surface area contributed by atoms with Crippen molar-refractivity contribution in [3.05, 3.63) is 24.3 Å². The van der Waals surface area contributed by atoms with Crippen LogP contribution in [0.3, 0.4) is 0 Å². The number of nitrogens with zero attached hydrogens (tertiary/aromatic N) is 1. The van der Waals surface area contributed by atoms with Gasteiger partial charge in [-0.1, -0.05) is 26.0 Å². The summed E-state index contributed by atoms with van der Waals surface area (Å²) in [4.78, 5) is 0. The van der Waals surface area contributed by atoms with Gasteiger partial charge in [0.05, 0.1) is 12.8 Å². The fourth-order valence-electron chi connectivity index (χ4n) is 1.29. The SMILES string of the molecule is CCN(CC)Nc1ccccc1OC.Cl.Cl. The Morgan fingerprint density at radius 1 is 1.12 bits per heavy atom. The number of rotatable bonds is 5. The normalized spacial score (nSPS) is 9.00. The van der Waals surface area contributed by atoms with Gasteiger partial charge in [-0.25, -0.2) is 5.01 Å². The smallest absolute Gasteiger partial charge is 0.143 e. The molecule has 0 aliphatic rings. The van der Waals surface area contributed by atoms with E-state index in [1.54, 1.807) is 7.11 Å². The number of para-hydroxylation sites is 2. The van der Waals surface area contributed by atoms with Crippen molar-refractivity contribution in [2.45, 2.75) is 13.8 Å². The Morgan fingerprint density at radius 3 is 2.19 bits per heavy atom. The van der Waals surface area contributed by atoms with Crippen molar-refractivity contribution < 1.29 is 4.74 Å².